The first-order valence-corrected chi connectivity index (χ1v) is 8.15. The number of nitrogens with zero attached hydrogens (tertiary/aromatic N) is 1. The number of carbonyl (C=O) groups is 1. The van der Waals surface area contributed by atoms with Crippen LogP contribution in [0.25, 0.3) is 10.2 Å². The van der Waals surface area contributed by atoms with Gasteiger partial charge in [-0.05, 0) is 43.7 Å². The number of fused-ring (bicyclic) bond motifs is 1. The maximum Gasteiger partial charge on any atom is 0.346 e. The van der Waals surface area contributed by atoms with Crippen LogP contribution in [0.1, 0.15) is 64.5 Å². The van der Waals surface area contributed by atoms with E-state index < -0.39 is 5.97 Å². The lowest BCUT2D eigenvalue weighted by atomic mass is 9.84. The van der Waals surface area contributed by atoms with Crippen molar-refractivity contribution in [3.8, 4) is 0 Å². The summed E-state index contributed by atoms with van der Waals surface area (Å²) < 4.78 is 3.41. The van der Waals surface area contributed by atoms with Crippen molar-refractivity contribution >= 4 is 27.5 Å². The van der Waals surface area contributed by atoms with Crippen molar-refractivity contribution in [2.75, 3.05) is 0 Å². The molecular formula is C16H21NO2S. The fraction of sp³-hybridized carbons (Fsp3) is 0.562. The van der Waals surface area contributed by atoms with Crippen LogP contribution in [0.4, 0.5) is 0 Å². The Bertz CT molecular complexity index is 675. The molecule has 0 atom stereocenters. The molecule has 0 radical (unpaired) electrons. The highest BCUT2D eigenvalue weighted by atomic mass is 32.1. The van der Waals surface area contributed by atoms with Crippen LogP contribution in [0.2, 0.25) is 0 Å². The number of aromatic nitrogens is 1. The van der Waals surface area contributed by atoms with Crippen molar-refractivity contribution in [3.63, 3.8) is 0 Å². The highest BCUT2D eigenvalue weighted by Gasteiger charge is 2.27. The van der Waals surface area contributed by atoms with Crippen LogP contribution in [0.15, 0.2) is 0 Å². The Labute approximate surface area is 123 Å². The van der Waals surface area contributed by atoms with Gasteiger partial charge in [0, 0.05) is 12.7 Å². The van der Waals surface area contributed by atoms with E-state index in [0.717, 1.165) is 11.1 Å². The first-order chi connectivity index (χ1) is 9.52. The van der Waals surface area contributed by atoms with Crippen LogP contribution in [-0.4, -0.2) is 15.6 Å². The number of aromatic carboxylic acids is 1. The third-order valence-corrected chi connectivity index (χ3v) is 6.10. The van der Waals surface area contributed by atoms with E-state index in [2.05, 4.69) is 18.5 Å². The zero-order chi connectivity index (χ0) is 14.4. The number of thiophene rings is 1. The predicted molar refractivity (Wildman–Crippen MR) is 83.1 cm³/mol. The summed E-state index contributed by atoms with van der Waals surface area (Å²) in [6, 6.07) is 0. The molecule has 0 aromatic carbocycles. The summed E-state index contributed by atoms with van der Waals surface area (Å²) in [4.78, 5) is 11.9. The minimum Gasteiger partial charge on any atom is -0.477 e. The molecular weight excluding hydrogens is 270 g/mol. The Morgan fingerprint density at radius 3 is 2.50 bits per heavy atom. The molecule has 108 valence electrons. The van der Waals surface area contributed by atoms with Gasteiger partial charge < -0.3 is 9.67 Å². The molecule has 20 heavy (non-hydrogen) atoms. The number of aryl methyl sites for hydroxylation is 2. The summed E-state index contributed by atoms with van der Waals surface area (Å²) >= 11 is 1.47. The molecule has 1 N–H and O–H groups in total. The molecule has 3 rings (SSSR count). The van der Waals surface area contributed by atoms with Gasteiger partial charge in [0.15, 0.2) is 0 Å². The second-order valence-electron chi connectivity index (χ2n) is 5.93. The van der Waals surface area contributed by atoms with Crippen molar-refractivity contribution in [1.29, 1.82) is 0 Å². The van der Waals surface area contributed by atoms with Gasteiger partial charge in [-0.15, -0.1) is 11.3 Å². The average molecular weight is 291 g/mol. The van der Waals surface area contributed by atoms with Crippen LogP contribution in [0, 0.1) is 13.8 Å². The van der Waals surface area contributed by atoms with Crippen LogP contribution < -0.4 is 0 Å². The van der Waals surface area contributed by atoms with E-state index in [-0.39, 0.29) is 0 Å². The number of rotatable bonds is 2. The molecule has 0 aliphatic heterocycles. The smallest absolute Gasteiger partial charge is 0.346 e. The summed E-state index contributed by atoms with van der Waals surface area (Å²) in [6.45, 7) is 4.11. The van der Waals surface area contributed by atoms with Crippen LogP contribution in [0.3, 0.4) is 0 Å². The molecule has 4 heteroatoms. The first kappa shape index (κ1) is 13.7. The van der Waals surface area contributed by atoms with Crippen LogP contribution in [-0.2, 0) is 7.05 Å². The number of hydrogen-bond donors (Lipinski definition) is 1. The van der Waals surface area contributed by atoms with E-state index in [9.17, 15) is 9.90 Å². The third kappa shape index (κ3) is 1.89. The molecule has 1 saturated carbocycles. The van der Waals surface area contributed by atoms with Gasteiger partial charge in [-0.25, -0.2) is 4.79 Å². The highest BCUT2D eigenvalue weighted by Crippen LogP contribution is 2.44. The van der Waals surface area contributed by atoms with Gasteiger partial charge in [-0.1, -0.05) is 19.3 Å². The highest BCUT2D eigenvalue weighted by molar-refractivity contribution is 7.21. The largest absolute Gasteiger partial charge is 0.477 e. The number of carboxylic acids is 1. The van der Waals surface area contributed by atoms with Crippen LogP contribution in [0.5, 0.6) is 0 Å². The van der Waals surface area contributed by atoms with Gasteiger partial charge in [-0.2, -0.15) is 0 Å². The Hall–Kier alpha value is -1.29. The monoisotopic (exact) mass is 291 g/mol. The van der Waals surface area contributed by atoms with Gasteiger partial charge in [0.1, 0.15) is 4.88 Å². The number of carboxylic acid groups (broad SMARTS) is 1. The molecule has 2 aromatic heterocycles. The van der Waals surface area contributed by atoms with Gasteiger partial charge in [0.05, 0.1) is 10.2 Å². The molecule has 0 bridgehead atoms. The Morgan fingerprint density at radius 1 is 1.25 bits per heavy atom. The Kier molecular flexibility index (Phi) is 3.36. The Morgan fingerprint density at radius 2 is 1.90 bits per heavy atom. The van der Waals surface area contributed by atoms with Crippen molar-refractivity contribution in [2.45, 2.75) is 51.9 Å². The lowest BCUT2D eigenvalue weighted by molar-refractivity contribution is 0.0701. The summed E-state index contributed by atoms with van der Waals surface area (Å²) in [7, 11) is 2.06. The van der Waals surface area contributed by atoms with E-state index in [0.29, 0.717) is 10.8 Å². The van der Waals surface area contributed by atoms with Gasteiger partial charge >= 0.3 is 5.97 Å². The predicted octanol–water partition coefficient (Wildman–Crippen LogP) is 4.60. The molecule has 0 saturated heterocycles. The topological polar surface area (TPSA) is 42.2 Å². The molecule has 1 aliphatic carbocycles. The van der Waals surface area contributed by atoms with Crippen molar-refractivity contribution in [2.24, 2.45) is 7.05 Å². The molecule has 0 unspecified atom stereocenters. The molecule has 3 nitrogen and oxygen atoms in total. The molecule has 2 heterocycles. The molecule has 0 spiro atoms. The quantitative estimate of drug-likeness (QED) is 0.878. The van der Waals surface area contributed by atoms with Gasteiger partial charge in [0.2, 0.25) is 0 Å². The average Bonchev–Trinajstić information content (AvgIpc) is 2.88. The van der Waals surface area contributed by atoms with E-state index in [4.69, 9.17) is 0 Å². The second kappa shape index (κ2) is 4.92. The molecule has 1 aliphatic rings. The molecule has 2 aromatic rings. The number of hydrogen-bond acceptors (Lipinski definition) is 2. The second-order valence-corrected chi connectivity index (χ2v) is 6.95. The zero-order valence-corrected chi connectivity index (χ0v) is 13.1. The Balaban J connectivity index is 2.23. The lowest BCUT2D eigenvalue weighted by Crippen LogP contribution is -2.06. The standard InChI is InChI=1S/C16H21NO2S/c1-9-13-15(20-14(9)16(18)19)12(10(2)17(13)3)11-7-5-4-6-8-11/h11H,4-8H2,1-3H3,(H,18,19). The maximum atomic E-state index is 11.4. The molecule has 1 fully saturated rings. The van der Waals surface area contributed by atoms with E-state index in [1.54, 1.807) is 0 Å². The van der Waals surface area contributed by atoms with Crippen LogP contribution >= 0.6 is 11.3 Å². The zero-order valence-electron chi connectivity index (χ0n) is 12.3. The van der Waals surface area contributed by atoms with E-state index >= 15 is 0 Å². The van der Waals surface area contributed by atoms with Crippen molar-refractivity contribution < 1.29 is 9.90 Å². The SMILES string of the molecule is Cc1c(C(=O)O)sc2c(C3CCCCC3)c(C)n(C)c12. The van der Waals surface area contributed by atoms with E-state index in [1.165, 1.54) is 59.4 Å². The maximum absolute atomic E-state index is 11.4. The van der Waals surface area contributed by atoms with E-state index in [1.807, 2.05) is 6.92 Å². The summed E-state index contributed by atoms with van der Waals surface area (Å²) in [5, 5.41) is 9.35. The summed E-state index contributed by atoms with van der Waals surface area (Å²) in [6.07, 6.45) is 6.45. The van der Waals surface area contributed by atoms with Crippen molar-refractivity contribution in [3.05, 3.63) is 21.7 Å². The van der Waals surface area contributed by atoms with Gasteiger partial charge in [-0.3, -0.25) is 0 Å². The fourth-order valence-electron chi connectivity index (χ4n) is 3.68. The summed E-state index contributed by atoms with van der Waals surface area (Å²) in [5.41, 5.74) is 4.79. The normalized spacial score (nSPS) is 16.9. The van der Waals surface area contributed by atoms with Crippen molar-refractivity contribution in [1.82, 2.24) is 4.57 Å². The first-order valence-electron chi connectivity index (χ1n) is 7.34. The minimum absolute atomic E-state index is 0.502. The lowest BCUT2D eigenvalue weighted by Gasteiger charge is -2.22. The third-order valence-electron chi connectivity index (χ3n) is 4.80. The fourth-order valence-corrected chi connectivity index (χ4v) is 5.03. The summed E-state index contributed by atoms with van der Waals surface area (Å²) in [5.74, 6) is -0.178. The molecule has 0 amide bonds. The van der Waals surface area contributed by atoms with Gasteiger partial charge in [0.25, 0.3) is 0 Å². The minimum atomic E-state index is -0.795.